The van der Waals surface area contributed by atoms with Gasteiger partial charge in [-0.25, -0.2) is 5.43 Å². The highest BCUT2D eigenvalue weighted by Gasteiger charge is 2.33. The Kier molecular flexibility index (Phi) is 2.41. The summed E-state index contributed by atoms with van der Waals surface area (Å²) in [7, 11) is 0. The molecular weight excluding hydrogens is 182 g/mol. The summed E-state index contributed by atoms with van der Waals surface area (Å²) in [6, 6.07) is 0.323. The van der Waals surface area contributed by atoms with Crippen molar-refractivity contribution in [3.63, 3.8) is 0 Å². The van der Waals surface area contributed by atoms with Crippen molar-refractivity contribution in [3.8, 4) is 0 Å². The fraction of sp³-hybridized carbons (Fsp3) is 0.778. The zero-order valence-corrected chi connectivity index (χ0v) is 8.17. The third kappa shape index (κ3) is 2.04. The summed E-state index contributed by atoms with van der Waals surface area (Å²) in [6.07, 6.45) is 2.56. The SMILES string of the molecule is CC1C(=O)NNC1CC(=O)NC1CC1. The Morgan fingerprint density at radius 1 is 1.57 bits per heavy atom. The smallest absolute Gasteiger partial charge is 0.238 e. The van der Waals surface area contributed by atoms with Crippen LogP contribution in [0.5, 0.6) is 0 Å². The second-order valence-electron chi connectivity index (χ2n) is 4.07. The minimum absolute atomic E-state index is 0.0331. The van der Waals surface area contributed by atoms with Crippen LogP contribution in [0.3, 0.4) is 0 Å². The van der Waals surface area contributed by atoms with Gasteiger partial charge in [0.05, 0.1) is 5.92 Å². The number of carbonyl (C=O) groups excluding carboxylic acids is 2. The summed E-state index contributed by atoms with van der Waals surface area (Å²) in [4.78, 5) is 22.5. The normalized spacial score (nSPS) is 31.4. The molecular formula is C9H15N3O2. The molecule has 2 amide bonds. The Hall–Kier alpha value is -1.10. The molecule has 5 heteroatoms. The van der Waals surface area contributed by atoms with Crippen LogP contribution >= 0.6 is 0 Å². The van der Waals surface area contributed by atoms with E-state index in [-0.39, 0.29) is 23.8 Å². The zero-order valence-electron chi connectivity index (χ0n) is 8.17. The van der Waals surface area contributed by atoms with Crippen LogP contribution < -0.4 is 16.2 Å². The van der Waals surface area contributed by atoms with Gasteiger partial charge in [0.1, 0.15) is 0 Å². The van der Waals surface area contributed by atoms with Crippen molar-refractivity contribution < 1.29 is 9.59 Å². The molecule has 0 radical (unpaired) electrons. The second-order valence-corrected chi connectivity index (χ2v) is 4.07. The highest BCUT2D eigenvalue weighted by molar-refractivity contribution is 5.83. The Balaban J connectivity index is 1.78. The van der Waals surface area contributed by atoms with Crippen molar-refractivity contribution in [2.45, 2.75) is 38.3 Å². The van der Waals surface area contributed by atoms with Crippen molar-refractivity contribution >= 4 is 11.8 Å². The average Bonchev–Trinajstić information content (AvgIpc) is 2.89. The molecule has 1 saturated carbocycles. The quantitative estimate of drug-likeness (QED) is 0.560. The lowest BCUT2D eigenvalue weighted by atomic mass is 10.0. The monoisotopic (exact) mass is 197 g/mol. The molecule has 5 nitrogen and oxygen atoms in total. The van der Waals surface area contributed by atoms with E-state index in [9.17, 15) is 9.59 Å². The molecule has 1 aliphatic heterocycles. The summed E-state index contributed by atoms with van der Waals surface area (Å²) in [6.45, 7) is 1.82. The molecule has 14 heavy (non-hydrogen) atoms. The van der Waals surface area contributed by atoms with Gasteiger partial charge in [-0.2, -0.15) is 0 Å². The molecule has 2 unspecified atom stereocenters. The first-order valence-corrected chi connectivity index (χ1v) is 5.01. The first-order valence-electron chi connectivity index (χ1n) is 5.01. The van der Waals surface area contributed by atoms with Crippen LogP contribution in [0.1, 0.15) is 26.2 Å². The van der Waals surface area contributed by atoms with Gasteiger partial charge >= 0.3 is 0 Å². The van der Waals surface area contributed by atoms with Crippen LogP contribution in [0.2, 0.25) is 0 Å². The highest BCUT2D eigenvalue weighted by atomic mass is 16.2. The van der Waals surface area contributed by atoms with Gasteiger partial charge in [-0.3, -0.25) is 15.0 Å². The first-order chi connectivity index (χ1) is 6.66. The third-order valence-corrected chi connectivity index (χ3v) is 2.75. The Labute approximate surface area is 82.6 Å². The largest absolute Gasteiger partial charge is 0.353 e. The predicted octanol–water partition coefficient (Wildman–Crippen LogP) is -0.706. The summed E-state index contributed by atoms with van der Waals surface area (Å²) >= 11 is 0. The molecule has 0 spiro atoms. The predicted molar refractivity (Wildman–Crippen MR) is 50.0 cm³/mol. The van der Waals surface area contributed by atoms with E-state index in [0.29, 0.717) is 12.5 Å². The number of nitrogens with one attached hydrogen (secondary N) is 3. The van der Waals surface area contributed by atoms with Crippen molar-refractivity contribution in [3.05, 3.63) is 0 Å². The summed E-state index contributed by atoms with van der Waals surface area (Å²) in [5.74, 6) is -0.123. The Morgan fingerprint density at radius 2 is 2.29 bits per heavy atom. The average molecular weight is 197 g/mol. The first kappa shape index (κ1) is 9.45. The van der Waals surface area contributed by atoms with Gasteiger partial charge in [-0.05, 0) is 12.8 Å². The number of hydrazine groups is 1. The molecule has 0 aromatic carbocycles. The number of hydrogen-bond donors (Lipinski definition) is 3. The van der Waals surface area contributed by atoms with E-state index in [4.69, 9.17) is 0 Å². The molecule has 3 N–H and O–H groups in total. The molecule has 2 fully saturated rings. The topological polar surface area (TPSA) is 70.2 Å². The van der Waals surface area contributed by atoms with E-state index < -0.39 is 0 Å². The lowest BCUT2D eigenvalue weighted by Crippen LogP contribution is -2.37. The van der Waals surface area contributed by atoms with E-state index in [1.54, 1.807) is 0 Å². The van der Waals surface area contributed by atoms with Crippen LogP contribution in [-0.4, -0.2) is 23.9 Å². The standard InChI is InChI=1S/C9H15N3O2/c1-5-7(11-12-9(5)14)4-8(13)10-6-2-3-6/h5-7,11H,2-4H2,1H3,(H,10,13)(H,12,14). The minimum Gasteiger partial charge on any atom is -0.353 e. The van der Waals surface area contributed by atoms with E-state index in [0.717, 1.165) is 12.8 Å². The van der Waals surface area contributed by atoms with Crippen molar-refractivity contribution in [1.29, 1.82) is 0 Å². The van der Waals surface area contributed by atoms with Gasteiger partial charge in [0.25, 0.3) is 0 Å². The zero-order chi connectivity index (χ0) is 10.1. The lowest BCUT2D eigenvalue weighted by molar-refractivity contribution is -0.122. The lowest BCUT2D eigenvalue weighted by Gasteiger charge is -2.11. The second kappa shape index (κ2) is 3.57. The van der Waals surface area contributed by atoms with E-state index in [1.807, 2.05) is 6.92 Å². The van der Waals surface area contributed by atoms with Crippen LogP contribution in [-0.2, 0) is 9.59 Å². The minimum atomic E-state index is -0.125. The van der Waals surface area contributed by atoms with E-state index >= 15 is 0 Å². The van der Waals surface area contributed by atoms with Gasteiger partial charge in [-0.15, -0.1) is 0 Å². The van der Waals surface area contributed by atoms with Crippen molar-refractivity contribution in [2.75, 3.05) is 0 Å². The van der Waals surface area contributed by atoms with Crippen LogP contribution in [0.15, 0.2) is 0 Å². The van der Waals surface area contributed by atoms with Crippen molar-refractivity contribution in [2.24, 2.45) is 5.92 Å². The Bertz CT molecular complexity index is 263. The summed E-state index contributed by atoms with van der Waals surface area (Å²) < 4.78 is 0. The molecule has 2 rings (SSSR count). The maximum Gasteiger partial charge on any atom is 0.238 e. The molecule has 0 aromatic rings. The third-order valence-electron chi connectivity index (χ3n) is 2.75. The van der Waals surface area contributed by atoms with E-state index in [2.05, 4.69) is 16.2 Å². The van der Waals surface area contributed by atoms with E-state index in [1.165, 1.54) is 0 Å². The molecule has 0 bridgehead atoms. The summed E-state index contributed by atoms with van der Waals surface area (Å²) in [5, 5.41) is 2.90. The fourth-order valence-corrected chi connectivity index (χ4v) is 1.53. The van der Waals surface area contributed by atoms with Gasteiger partial charge in [0.2, 0.25) is 11.8 Å². The molecule has 1 saturated heterocycles. The highest BCUT2D eigenvalue weighted by Crippen LogP contribution is 2.19. The fourth-order valence-electron chi connectivity index (χ4n) is 1.53. The molecule has 0 aromatic heterocycles. The van der Waals surface area contributed by atoms with Gasteiger partial charge < -0.3 is 5.32 Å². The molecule has 2 aliphatic rings. The molecule has 78 valence electrons. The number of hydrogen-bond acceptors (Lipinski definition) is 3. The number of amides is 2. The molecule has 1 aliphatic carbocycles. The number of carbonyl (C=O) groups is 2. The molecule has 1 heterocycles. The van der Waals surface area contributed by atoms with Gasteiger partial charge in [0, 0.05) is 18.5 Å². The van der Waals surface area contributed by atoms with Gasteiger partial charge in [-0.1, -0.05) is 6.92 Å². The maximum absolute atomic E-state index is 11.4. The van der Waals surface area contributed by atoms with Crippen LogP contribution in [0.25, 0.3) is 0 Å². The number of rotatable bonds is 3. The van der Waals surface area contributed by atoms with Gasteiger partial charge in [0.15, 0.2) is 0 Å². The maximum atomic E-state index is 11.4. The van der Waals surface area contributed by atoms with Crippen molar-refractivity contribution in [1.82, 2.24) is 16.2 Å². The molecule has 2 atom stereocenters. The Morgan fingerprint density at radius 3 is 2.79 bits per heavy atom. The van der Waals surface area contributed by atoms with Crippen LogP contribution in [0.4, 0.5) is 0 Å². The summed E-state index contributed by atoms with van der Waals surface area (Å²) in [5.41, 5.74) is 5.35. The van der Waals surface area contributed by atoms with Crippen LogP contribution in [0, 0.1) is 5.92 Å².